The molecule has 0 aliphatic carbocycles. The minimum atomic E-state index is -2.25. The fraction of sp³-hybridized carbons (Fsp3) is 1.00. The van der Waals surface area contributed by atoms with Crippen molar-refractivity contribution in [1.82, 2.24) is 0 Å². The van der Waals surface area contributed by atoms with Crippen LogP contribution in [0.15, 0.2) is 0 Å². The maximum Gasteiger partial charge on any atom is 0.246 e. The van der Waals surface area contributed by atoms with Gasteiger partial charge in [0.05, 0.1) is 12.0 Å². The predicted molar refractivity (Wildman–Crippen MR) is 38.7 cm³/mol. The second-order valence-corrected chi connectivity index (χ2v) is 3.49. The van der Waals surface area contributed by atoms with Gasteiger partial charge < -0.3 is 4.74 Å². The SMILES string of the molecule is CC(C)C1(C(F)F)CCOC1. The second-order valence-electron chi connectivity index (χ2n) is 3.49. The van der Waals surface area contributed by atoms with Crippen LogP contribution in [0, 0.1) is 11.3 Å². The molecule has 0 amide bonds. The summed E-state index contributed by atoms with van der Waals surface area (Å²) in [6.45, 7) is 4.38. The smallest absolute Gasteiger partial charge is 0.246 e. The van der Waals surface area contributed by atoms with E-state index in [4.69, 9.17) is 4.74 Å². The van der Waals surface area contributed by atoms with Crippen molar-refractivity contribution in [2.45, 2.75) is 26.7 Å². The quantitative estimate of drug-likeness (QED) is 0.608. The van der Waals surface area contributed by atoms with E-state index in [1.54, 1.807) is 0 Å². The van der Waals surface area contributed by atoms with Gasteiger partial charge in [-0.3, -0.25) is 0 Å². The normalized spacial score (nSPS) is 32.2. The molecule has 1 nitrogen and oxygen atoms in total. The third-order valence-electron chi connectivity index (χ3n) is 2.67. The Bertz CT molecular complexity index is 118. The van der Waals surface area contributed by atoms with Crippen LogP contribution in [0.5, 0.6) is 0 Å². The van der Waals surface area contributed by atoms with Crippen LogP contribution in [0.25, 0.3) is 0 Å². The van der Waals surface area contributed by atoms with Gasteiger partial charge in [0.2, 0.25) is 6.43 Å². The van der Waals surface area contributed by atoms with Gasteiger partial charge in [-0.2, -0.15) is 0 Å². The molecule has 1 heterocycles. The fourth-order valence-electron chi connectivity index (χ4n) is 1.48. The van der Waals surface area contributed by atoms with Crippen LogP contribution in [0.1, 0.15) is 20.3 Å². The first kappa shape index (κ1) is 8.91. The van der Waals surface area contributed by atoms with Crippen molar-refractivity contribution in [2.75, 3.05) is 13.2 Å². The van der Waals surface area contributed by atoms with Gasteiger partial charge in [0.25, 0.3) is 0 Å². The van der Waals surface area contributed by atoms with Crippen molar-refractivity contribution in [3.63, 3.8) is 0 Å². The monoisotopic (exact) mass is 164 g/mol. The van der Waals surface area contributed by atoms with Crippen LogP contribution in [0.2, 0.25) is 0 Å². The summed E-state index contributed by atoms with van der Waals surface area (Å²) in [5, 5.41) is 0. The number of ether oxygens (including phenoxy) is 1. The van der Waals surface area contributed by atoms with E-state index in [0.717, 1.165) is 0 Å². The van der Waals surface area contributed by atoms with Crippen LogP contribution in [0.3, 0.4) is 0 Å². The summed E-state index contributed by atoms with van der Waals surface area (Å²) >= 11 is 0. The second kappa shape index (κ2) is 3.05. The molecule has 0 bridgehead atoms. The van der Waals surface area contributed by atoms with Crippen LogP contribution in [-0.4, -0.2) is 19.6 Å². The molecule has 11 heavy (non-hydrogen) atoms. The molecule has 0 N–H and O–H groups in total. The lowest BCUT2D eigenvalue weighted by molar-refractivity contribution is -0.0420. The lowest BCUT2D eigenvalue weighted by Gasteiger charge is -2.30. The molecular weight excluding hydrogens is 150 g/mol. The standard InChI is InChI=1S/C8H14F2O/c1-6(2)8(7(9)10)3-4-11-5-8/h6-7H,3-5H2,1-2H3. The Labute approximate surface area is 65.7 Å². The summed E-state index contributed by atoms with van der Waals surface area (Å²) in [7, 11) is 0. The van der Waals surface area contributed by atoms with Crippen molar-refractivity contribution >= 4 is 0 Å². The van der Waals surface area contributed by atoms with Gasteiger partial charge in [0.15, 0.2) is 0 Å². The molecule has 0 aromatic heterocycles. The highest BCUT2D eigenvalue weighted by Crippen LogP contribution is 2.41. The molecule has 66 valence electrons. The van der Waals surface area contributed by atoms with Gasteiger partial charge in [-0.05, 0) is 12.3 Å². The maximum atomic E-state index is 12.6. The minimum Gasteiger partial charge on any atom is -0.381 e. The topological polar surface area (TPSA) is 9.23 Å². The Hall–Kier alpha value is -0.180. The first-order chi connectivity index (χ1) is 5.09. The zero-order valence-corrected chi connectivity index (χ0v) is 6.94. The highest BCUT2D eigenvalue weighted by molar-refractivity contribution is 4.88. The molecular formula is C8H14F2O. The zero-order chi connectivity index (χ0) is 8.48. The third kappa shape index (κ3) is 1.39. The Morgan fingerprint density at radius 2 is 2.00 bits per heavy atom. The molecule has 1 aliphatic rings. The number of halogens is 2. The number of hydrogen-bond acceptors (Lipinski definition) is 1. The largest absolute Gasteiger partial charge is 0.381 e. The van der Waals surface area contributed by atoms with Crippen molar-refractivity contribution in [3.8, 4) is 0 Å². The van der Waals surface area contributed by atoms with Crippen LogP contribution >= 0.6 is 0 Å². The molecule has 1 rings (SSSR count). The summed E-state index contributed by atoms with van der Waals surface area (Å²) in [6, 6.07) is 0. The Morgan fingerprint density at radius 1 is 1.36 bits per heavy atom. The van der Waals surface area contributed by atoms with Crippen LogP contribution < -0.4 is 0 Å². The minimum absolute atomic E-state index is 0.00463. The van der Waals surface area contributed by atoms with Gasteiger partial charge >= 0.3 is 0 Å². The first-order valence-corrected chi connectivity index (χ1v) is 3.95. The molecule has 1 atom stereocenters. The van der Waals surface area contributed by atoms with Crippen molar-refractivity contribution < 1.29 is 13.5 Å². The number of alkyl halides is 2. The van der Waals surface area contributed by atoms with Gasteiger partial charge in [-0.25, -0.2) is 8.78 Å². The lowest BCUT2D eigenvalue weighted by atomic mass is 9.77. The Morgan fingerprint density at radius 3 is 2.18 bits per heavy atom. The van der Waals surface area contributed by atoms with E-state index in [0.29, 0.717) is 13.0 Å². The molecule has 1 saturated heterocycles. The molecule has 0 saturated carbocycles. The van der Waals surface area contributed by atoms with Crippen molar-refractivity contribution in [2.24, 2.45) is 11.3 Å². The van der Waals surface area contributed by atoms with Gasteiger partial charge in [-0.15, -0.1) is 0 Å². The summed E-state index contributed by atoms with van der Waals surface area (Å²) in [5.74, 6) is 0.00463. The Balaban J connectivity index is 2.70. The summed E-state index contributed by atoms with van der Waals surface area (Å²) < 4.78 is 30.1. The van der Waals surface area contributed by atoms with Crippen LogP contribution in [-0.2, 0) is 4.74 Å². The summed E-state index contributed by atoms with van der Waals surface area (Å²) in [4.78, 5) is 0. The molecule has 1 aliphatic heterocycles. The molecule has 0 radical (unpaired) electrons. The molecule has 1 unspecified atom stereocenters. The third-order valence-corrected chi connectivity index (χ3v) is 2.67. The highest BCUT2D eigenvalue weighted by atomic mass is 19.3. The average Bonchev–Trinajstić information content (AvgIpc) is 2.34. The summed E-state index contributed by atoms with van der Waals surface area (Å²) in [6.07, 6.45) is -1.74. The van der Waals surface area contributed by atoms with Crippen molar-refractivity contribution in [1.29, 1.82) is 0 Å². The van der Waals surface area contributed by atoms with E-state index in [1.807, 2.05) is 13.8 Å². The van der Waals surface area contributed by atoms with Crippen LogP contribution in [0.4, 0.5) is 8.78 Å². The molecule has 0 spiro atoms. The molecule has 0 aromatic rings. The van der Waals surface area contributed by atoms with Gasteiger partial charge in [-0.1, -0.05) is 13.8 Å². The molecule has 3 heteroatoms. The van der Waals surface area contributed by atoms with Crippen molar-refractivity contribution in [3.05, 3.63) is 0 Å². The van der Waals surface area contributed by atoms with Gasteiger partial charge in [0, 0.05) is 6.61 Å². The van der Waals surface area contributed by atoms with E-state index in [9.17, 15) is 8.78 Å². The number of rotatable bonds is 2. The maximum absolute atomic E-state index is 12.6. The zero-order valence-electron chi connectivity index (χ0n) is 6.94. The van der Waals surface area contributed by atoms with E-state index in [2.05, 4.69) is 0 Å². The molecule has 1 fully saturated rings. The van der Waals surface area contributed by atoms with E-state index < -0.39 is 11.8 Å². The number of hydrogen-bond donors (Lipinski definition) is 0. The Kier molecular flexibility index (Phi) is 2.47. The van der Waals surface area contributed by atoms with E-state index in [1.165, 1.54) is 0 Å². The molecule has 0 aromatic carbocycles. The fourth-order valence-corrected chi connectivity index (χ4v) is 1.48. The van der Waals surface area contributed by atoms with E-state index in [-0.39, 0.29) is 12.5 Å². The first-order valence-electron chi connectivity index (χ1n) is 3.95. The predicted octanol–water partition coefficient (Wildman–Crippen LogP) is 2.31. The average molecular weight is 164 g/mol. The lowest BCUT2D eigenvalue weighted by Crippen LogP contribution is -2.35. The summed E-state index contributed by atoms with van der Waals surface area (Å²) in [5.41, 5.74) is -0.861. The van der Waals surface area contributed by atoms with E-state index >= 15 is 0 Å². The highest BCUT2D eigenvalue weighted by Gasteiger charge is 2.45. The van der Waals surface area contributed by atoms with Gasteiger partial charge in [0.1, 0.15) is 0 Å².